The molecule has 0 saturated carbocycles. The first-order valence-corrected chi connectivity index (χ1v) is 7.11. The molecule has 0 N–H and O–H groups in total. The van der Waals surface area contributed by atoms with E-state index < -0.39 is 17.6 Å². The van der Waals surface area contributed by atoms with Gasteiger partial charge in [-0.15, -0.1) is 0 Å². The van der Waals surface area contributed by atoms with Gasteiger partial charge in [0, 0.05) is 13.1 Å². The molecule has 22 heavy (non-hydrogen) atoms. The van der Waals surface area contributed by atoms with Crippen molar-refractivity contribution in [3.63, 3.8) is 0 Å². The number of benzene rings is 1. The lowest BCUT2D eigenvalue weighted by molar-refractivity contribution is -0.137. The summed E-state index contributed by atoms with van der Waals surface area (Å²) in [5, 5.41) is 9.13. The molecule has 0 aromatic heterocycles. The average molecular weight is 302 g/mol. The molecule has 0 aliphatic rings. The number of ketones is 1. The van der Waals surface area contributed by atoms with E-state index in [1.807, 2.05) is 0 Å². The summed E-state index contributed by atoms with van der Waals surface area (Å²) in [6, 6.07) is 7.44. The number of halogens is 1. The first-order chi connectivity index (χ1) is 10.4. The molecule has 1 rings (SSSR count). The van der Waals surface area contributed by atoms with E-state index in [1.165, 1.54) is 23.1 Å². The van der Waals surface area contributed by atoms with Crippen molar-refractivity contribution < 1.29 is 14.0 Å². The molecule has 116 valence electrons. The summed E-state index contributed by atoms with van der Waals surface area (Å²) >= 11 is 0. The maximum atomic E-state index is 12.9. The van der Waals surface area contributed by atoms with Gasteiger partial charge >= 0.3 is 0 Å². The molecule has 1 unspecified atom stereocenters. The van der Waals surface area contributed by atoms with Crippen molar-refractivity contribution in [3.8, 4) is 6.07 Å². The van der Waals surface area contributed by atoms with Crippen molar-refractivity contribution in [3.05, 3.63) is 41.7 Å². The Morgan fingerprint density at radius 3 is 2.27 bits per heavy atom. The average Bonchev–Trinajstić information content (AvgIpc) is 2.49. The number of amides is 1. The van der Waals surface area contributed by atoms with Crippen LogP contribution in [0.2, 0.25) is 0 Å². The number of carbonyl (C=O) groups is 2. The molecule has 0 spiro atoms. The van der Waals surface area contributed by atoms with Crippen LogP contribution in [0.1, 0.15) is 26.3 Å². The van der Waals surface area contributed by atoms with Gasteiger partial charge in [-0.1, -0.05) is 12.1 Å². The van der Waals surface area contributed by atoms with Crippen LogP contribution < -0.4 is 0 Å². The standard InChI is InChI=1S/C17H19FN2O2/c1-4-20(5-2)17(22)15(11-19)16(21)10-12(3)13-6-8-14(18)9-7-13/h6-10,15H,4-5H2,1-3H3/b12-10+. The van der Waals surface area contributed by atoms with E-state index >= 15 is 0 Å². The number of hydrogen-bond acceptors (Lipinski definition) is 3. The molecule has 0 aliphatic carbocycles. The monoisotopic (exact) mass is 302 g/mol. The number of hydrogen-bond donors (Lipinski definition) is 0. The molecule has 0 heterocycles. The van der Waals surface area contributed by atoms with Gasteiger partial charge in [0.05, 0.1) is 6.07 Å². The molecule has 0 bridgehead atoms. The highest BCUT2D eigenvalue weighted by atomic mass is 19.1. The Kier molecular flexibility index (Phi) is 6.46. The third-order valence-corrected chi connectivity index (χ3v) is 3.39. The van der Waals surface area contributed by atoms with Crippen molar-refractivity contribution in [2.75, 3.05) is 13.1 Å². The molecule has 1 aromatic rings. The Balaban J connectivity index is 2.97. The Hall–Kier alpha value is -2.48. The largest absolute Gasteiger partial charge is 0.342 e. The highest BCUT2D eigenvalue weighted by Crippen LogP contribution is 2.16. The van der Waals surface area contributed by atoms with Crippen LogP contribution in [0.4, 0.5) is 4.39 Å². The van der Waals surface area contributed by atoms with Crippen molar-refractivity contribution in [2.24, 2.45) is 5.92 Å². The lowest BCUT2D eigenvalue weighted by Gasteiger charge is -2.20. The smallest absolute Gasteiger partial charge is 0.247 e. The summed E-state index contributed by atoms with van der Waals surface area (Å²) in [7, 11) is 0. The first-order valence-electron chi connectivity index (χ1n) is 7.11. The Bertz CT molecular complexity index is 611. The molecule has 1 aromatic carbocycles. The number of carbonyl (C=O) groups excluding carboxylic acids is 2. The molecule has 5 heteroatoms. The zero-order valence-corrected chi connectivity index (χ0v) is 13.0. The summed E-state index contributed by atoms with van der Waals surface area (Å²) in [6.45, 7) is 6.16. The van der Waals surface area contributed by atoms with Crippen LogP contribution in [0.3, 0.4) is 0 Å². The lowest BCUT2D eigenvalue weighted by Crippen LogP contribution is -2.38. The fourth-order valence-electron chi connectivity index (χ4n) is 2.05. The maximum Gasteiger partial charge on any atom is 0.247 e. The van der Waals surface area contributed by atoms with Crippen LogP contribution >= 0.6 is 0 Å². The van der Waals surface area contributed by atoms with Crippen LogP contribution in [-0.4, -0.2) is 29.7 Å². The van der Waals surface area contributed by atoms with E-state index in [0.717, 1.165) is 0 Å². The zero-order valence-electron chi connectivity index (χ0n) is 13.0. The Morgan fingerprint density at radius 2 is 1.82 bits per heavy atom. The fourth-order valence-corrected chi connectivity index (χ4v) is 2.05. The molecular formula is C17H19FN2O2. The van der Waals surface area contributed by atoms with Crippen molar-refractivity contribution in [1.82, 2.24) is 4.90 Å². The molecule has 0 saturated heterocycles. The minimum Gasteiger partial charge on any atom is -0.342 e. The summed E-state index contributed by atoms with van der Waals surface area (Å²) in [5.74, 6) is -2.74. The van der Waals surface area contributed by atoms with E-state index in [2.05, 4.69) is 0 Å². The van der Waals surface area contributed by atoms with Gasteiger partial charge in [-0.25, -0.2) is 4.39 Å². The summed E-state index contributed by atoms with van der Waals surface area (Å²) in [4.78, 5) is 25.8. The van der Waals surface area contributed by atoms with E-state index in [-0.39, 0.29) is 5.82 Å². The second kappa shape index (κ2) is 8.08. The Morgan fingerprint density at radius 1 is 1.27 bits per heavy atom. The van der Waals surface area contributed by atoms with Crippen molar-refractivity contribution >= 4 is 17.3 Å². The molecule has 1 amide bonds. The highest BCUT2D eigenvalue weighted by Gasteiger charge is 2.28. The number of nitriles is 1. The predicted molar refractivity (Wildman–Crippen MR) is 82.1 cm³/mol. The van der Waals surface area contributed by atoms with Gasteiger partial charge in [-0.2, -0.15) is 5.26 Å². The first kappa shape index (κ1) is 17.6. The minimum atomic E-state index is -1.34. The third kappa shape index (κ3) is 4.26. The molecule has 0 fully saturated rings. The van der Waals surface area contributed by atoms with E-state index in [4.69, 9.17) is 5.26 Å². The van der Waals surface area contributed by atoms with Gasteiger partial charge in [0.15, 0.2) is 11.7 Å². The molecule has 4 nitrogen and oxygen atoms in total. The fraction of sp³-hybridized carbons (Fsp3) is 0.353. The van der Waals surface area contributed by atoms with Gasteiger partial charge in [-0.3, -0.25) is 9.59 Å². The van der Waals surface area contributed by atoms with Crippen LogP contribution in [0.15, 0.2) is 30.3 Å². The molecule has 0 radical (unpaired) electrons. The van der Waals surface area contributed by atoms with Gasteiger partial charge in [-0.05, 0) is 50.1 Å². The van der Waals surface area contributed by atoms with Crippen LogP contribution in [0.25, 0.3) is 5.57 Å². The second-order valence-electron chi connectivity index (χ2n) is 4.81. The van der Waals surface area contributed by atoms with E-state index in [0.29, 0.717) is 24.2 Å². The zero-order chi connectivity index (χ0) is 16.7. The predicted octanol–water partition coefficient (Wildman–Crippen LogP) is 2.81. The van der Waals surface area contributed by atoms with Gasteiger partial charge in [0.1, 0.15) is 5.82 Å². The van der Waals surface area contributed by atoms with E-state index in [1.54, 1.807) is 39.0 Å². The summed E-state index contributed by atoms with van der Waals surface area (Å²) in [5.41, 5.74) is 1.25. The normalized spacial score (nSPS) is 12.4. The molecule has 0 aliphatic heterocycles. The summed E-state index contributed by atoms with van der Waals surface area (Å²) < 4.78 is 12.9. The number of rotatable bonds is 6. The lowest BCUT2D eigenvalue weighted by atomic mass is 9.99. The van der Waals surface area contributed by atoms with Gasteiger partial charge in [0.25, 0.3) is 0 Å². The third-order valence-electron chi connectivity index (χ3n) is 3.39. The number of allylic oxidation sites excluding steroid dienone is 2. The topological polar surface area (TPSA) is 61.2 Å². The molecular weight excluding hydrogens is 283 g/mol. The maximum absolute atomic E-state index is 12.9. The van der Waals surface area contributed by atoms with Crippen LogP contribution in [-0.2, 0) is 9.59 Å². The number of nitrogens with zero attached hydrogens (tertiary/aromatic N) is 2. The minimum absolute atomic E-state index is 0.366. The van der Waals surface area contributed by atoms with Crippen molar-refractivity contribution in [2.45, 2.75) is 20.8 Å². The summed E-state index contributed by atoms with van der Waals surface area (Å²) in [6.07, 6.45) is 1.27. The van der Waals surface area contributed by atoms with Gasteiger partial charge < -0.3 is 4.90 Å². The van der Waals surface area contributed by atoms with Crippen molar-refractivity contribution in [1.29, 1.82) is 5.26 Å². The van der Waals surface area contributed by atoms with Crippen LogP contribution in [0, 0.1) is 23.1 Å². The van der Waals surface area contributed by atoms with Gasteiger partial charge in [0.2, 0.25) is 5.91 Å². The SMILES string of the molecule is CCN(CC)C(=O)C(C#N)C(=O)/C=C(\C)c1ccc(F)cc1. The highest BCUT2D eigenvalue weighted by molar-refractivity contribution is 6.11. The van der Waals surface area contributed by atoms with Crippen LogP contribution in [0.5, 0.6) is 0 Å². The quantitative estimate of drug-likeness (QED) is 0.599. The van der Waals surface area contributed by atoms with E-state index in [9.17, 15) is 14.0 Å². The Labute approximate surface area is 129 Å². The second-order valence-corrected chi connectivity index (χ2v) is 4.81. The molecule has 1 atom stereocenters.